The number of benzene rings is 1. The molecule has 0 N–H and O–H groups in total. The molecule has 22 heavy (non-hydrogen) atoms. The number of carbonyl (C=O) groups is 2. The summed E-state index contributed by atoms with van der Waals surface area (Å²) < 4.78 is 10.9. The number of hydrogen-bond donors (Lipinski definition) is 0. The van der Waals surface area contributed by atoms with Gasteiger partial charge in [-0.2, -0.15) is 0 Å². The summed E-state index contributed by atoms with van der Waals surface area (Å²) in [6.45, 7) is 4.94. The minimum absolute atomic E-state index is 0.168. The zero-order valence-electron chi connectivity index (χ0n) is 12.7. The van der Waals surface area contributed by atoms with E-state index in [1.54, 1.807) is 18.2 Å². The Morgan fingerprint density at radius 3 is 2.68 bits per heavy atom. The molecular formula is C16H20N2O4. The minimum atomic E-state index is -0.383. The molecule has 1 aromatic rings. The molecule has 2 aliphatic rings. The Balaban J connectivity index is 1.85. The van der Waals surface area contributed by atoms with Gasteiger partial charge in [0.15, 0.2) is 0 Å². The van der Waals surface area contributed by atoms with Gasteiger partial charge in [-0.15, -0.1) is 0 Å². The number of imide groups is 1. The molecule has 1 aromatic carbocycles. The highest BCUT2D eigenvalue weighted by atomic mass is 16.5. The fourth-order valence-corrected chi connectivity index (χ4v) is 2.96. The molecule has 118 valence electrons. The van der Waals surface area contributed by atoms with Crippen LogP contribution < -0.4 is 9.64 Å². The highest BCUT2D eigenvalue weighted by Gasteiger charge is 2.43. The van der Waals surface area contributed by atoms with E-state index in [9.17, 15) is 9.59 Å². The molecular weight excluding hydrogens is 284 g/mol. The standard InChI is InChI=1S/C16H20N2O4/c1-2-22-14-6-4-3-5-12(14)18-15(19)11-13(16(18)20)17-7-9-21-10-8-17/h3-6,13H,2,7-11H2,1H3. The minimum Gasteiger partial charge on any atom is -0.492 e. The van der Waals surface area contributed by atoms with Crippen LogP contribution in [0.2, 0.25) is 0 Å². The smallest absolute Gasteiger partial charge is 0.251 e. The first kappa shape index (κ1) is 15.0. The summed E-state index contributed by atoms with van der Waals surface area (Å²) in [5, 5.41) is 0. The summed E-state index contributed by atoms with van der Waals surface area (Å²) >= 11 is 0. The van der Waals surface area contributed by atoms with Crippen LogP contribution in [0.1, 0.15) is 13.3 Å². The summed E-state index contributed by atoms with van der Waals surface area (Å²) in [7, 11) is 0. The van der Waals surface area contributed by atoms with E-state index in [-0.39, 0.29) is 24.3 Å². The van der Waals surface area contributed by atoms with E-state index < -0.39 is 0 Å². The maximum atomic E-state index is 12.7. The number of ether oxygens (including phenoxy) is 2. The van der Waals surface area contributed by atoms with Crippen molar-refractivity contribution in [2.24, 2.45) is 0 Å². The molecule has 2 heterocycles. The molecule has 6 nitrogen and oxygen atoms in total. The summed E-state index contributed by atoms with van der Waals surface area (Å²) in [6.07, 6.45) is 0.222. The third kappa shape index (κ3) is 2.71. The van der Waals surface area contributed by atoms with E-state index >= 15 is 0 Å². The Kier molecular flexibility index (Phi) is 4.40. The largest absolute Gasteiger partial charge is 0.492 e. The van der Waals surface area contributed by atoms with Gasteiger partial charge in [0, 0.05) is 13.1 Å². The number of carbonyl (C=O) groups excluding carboxylic acids is 2. The predicted molar refractivity (Wildman–Crippen MR) is 80.9 cm³/mol. The first-order valence-corrected chi connectivity index (χ1v) is 7.62. The normalized spacial score (nSPS) is 23.1. The van der Waals surface area contributed by atoms with E-state index in [4.69, 9.17) is 9.47 Å². The number of nitrogens with zero attached hydrogens (tertiary/aromatic N) is 2. The van der Waals surface area contributed by atoms with Crippen LogP contribution in [0.4, 0.5) is 5.69 Å². The van der Waals surface area contributed by atoms with Gasteiger partial charge in [-0.25, -0.2) is 4.90 Å². The average molecular weight is 304 g/mol. The van der Waals surface area contributed by atoms with Gasteiger partial charge in [0.05, 0.1) is 38.0 Å². The lowest BCUT2D eigenvalue weighted by Gasteiger charge is -2.30. The zero-order valence-corrected chi connectivity index (χ0v) is 12.7. The molecule has 0 aliphatic carbocycles. The summed E-state index contributed by atoms with van der Waals surface area (Å²) in [4.78, 5) is 28.4. The van der Waals surface area contributed by atoms with Crippen LogP contribution in [0, 0.1) is 0 Å². The number of hydrogen-bond acceptors (Lipinski definition) is 5. The van der Waals surface area contributed by atoms with Crippen molar-refractivity contribution in [2.75, 3.05) is 37.8 Å². The van der Waals surface area contributed by atoms with Crippen molar-refractivity contribution < 1.29 is 19.1 Å². The number of anilines is 1. The molecule has 0 spiro atoms. The number of amides is 2. The van der Waals surface area contributed by atoms with Crippen molar-refractivity contribution in [3.8, 4) is 5.75 Å². The van der Waals surface area contributed by atoms with Gasteiger partial charge in [-0.05, 0) is 19.1 Å². The predicted octanol–water partition coefficient (Wildman–Crippen LogP) is 1.05. The molecule has 0 bridgehead atoms. The number of morpholine rings is 1. The quantitative estimate of drug-likeness (QED) is 0.778. The molecule has 0 saturated carbocycles. The van der Waals surface area contributed by atoms with Gasteiger partial charge in [-0.1, -0.05) is 12.1 Å². The lowest BCUT2D eigenvalue weighted by atomic mass is 10.2. The highest BCUT2D eigenvalue weighted by molar-refractivity contribution is 6.23. The van der Waals surface area contributed by atoms with E-state index in [1.807, 2.05) is 17.9 Å². The van der Waals surface area contributed by atoms with E-state index in [2.05, 4.69) is 0 Å². The van der Waals surface area contributed by atoms with Crippen molar-refractivity contribution in [2.45, 2.75) is 19.4 Å². The van der Waals surface area contributed by atoms with Crippen molar-refractivity contribution in [1.29, 1.82) is 0 Å². The highest BCUT2D eigenvalue weighted by Crippen LogP contribution is 2.33. The van der Waals surface area contributed by atoms with Gasteiger partial charge in [-0.3, -0.25) is 14.5 Å². The third-order valence-corrected chi connectivity index (χ3v) is 4.02. The van der Waals surface area contributed by atoms with Crippen molar-refractivity contribution in [3.63, 3.8) is 0 Å². The Morgan fingerprint density at radius 2 is 1.95 bits per heavy atom. The second-order valence-electron chi connectivity index (χ2n) is 5.34. The van der Waals surface area contributed by atoms with Gasteiger partial charge < -0.3 is 9.47 Å². The van der Waals surface area contributed by atoms with Gasteiger partial charge in [0.2, 0.25) is 5.91 Å². The van der Waals surface area contributed by atoms with Crippen LogP contribution in [0.3, 0.4) is 0 Å². The topological polar surface area (TPSA) is 59.1 Å². The van der Waals surface area contributed by atoms with E-state index in [1.165, 1.54) is 4.90 Å². The fraction of sp³-hybridized carbons (Fsp3) is 0.500. The average Bonchev–Trinajstić information content (AvgIpc) is 2.84. The van der Waals surface area contributed by atoms with Gasteiger partial charge in [0.25, 0.3) is 5.91 Å². The Hall–Kier alpha value is -1.92. The summed E-state index contributed by atoms with van der Waals surface area (Å²) in [6, 6.07) is 6.79. The number of para-hydroxylation sites is 2. The molecule has 2 saturated heterocycles. The fourth-order valence-electron chi connectivity index (χ4n) is 2.96. The third-order valence-electron chi connectivity index (χ3n) is 4.02. The van der Waals surface area contributed by atoms with Crippen LogP contribution in [-0.4, -0.2) is 55.7 Å². The molecule has 0 radical (unpaired) electrons. The van der Waals surface area contributed by atoms with Gasteiger partial charge >= 0.3 is 0 Å². The molecule has 2 fully saturated rings. The zero-order chi connectivity index (χ0) is 15.5. The van der Waals surface area contributed by atoms with Crippen LogP contribution in [0.15, 0.2) is 24.3 Å². The summed E-state index contributed by atoms with van der Waals surface area (Å²) in [5.74, 6) is 0.224. The van der Waals surface area contributed by atoms with Crippen LogP contribution in [0.5, 0.6) is 5.75 Å². The lowest BCUT2D eigenvalue weighted by Crippen LogP contribution is -2.47. The first-order valence-electron chi connectivity index (χ1n) is 7.62. The molecule has 0 aromatic heterocycles. The molecule has 2 aliphatic heterocycles. The van der Waals surface area contributed by atoms with Crippen LogP contribution >= 0.6 is 0 Å². The second-order valence-corrected chi connectivity index (χ2v) is 5.34. The molecule has 2 amide bonds. The van der Waals surface area contributed by atoms with Crippen LogP contribution in [0.25, 0.3) is 0 Å². The lowest BCUT2D eigenvalue weighted by molar-refractivity contribution is -0.123. The molecule has 6 heteroatoms. The monoisotopic (exact) mass is 304 g/mol. The van der Waals surface area contributed by atoms with Gasteiger partial charge in [0.1, 0.15) is 5.75 Å². The summed E-state index contributed by atoms with van der Waals surface area (Å²) in [5.41, 5.74) is 0.537. The van der Waals surface area contributed by atoms with E-state index in [0.29, 0.717) is 44.3 Å². The van der Waals surface area contributed by atoms with E-state index in [0.717, 1.165) is 0 Å². The second kappa shape index (κ2) is 6.46. The Morgan fingerprint density at radius 1 is 1.23 bits per heavy atom. The first-order chi connectivity index (χ1) is 10.7. The van der Waals surface area contributed by atoms with Crippen molar-refractivity contribution in [3.05, 3.63) is 24.3 Å². The SMILES string of the molecule is CCOc1ccccc1N1C(=O)CC(N2CCOCC2)C1=O. The molecule has 1 atom stereocenters. The van der Waals surface area contributed by atoms with Crippen molar-refractivity contribution >= 4 is 17.5 Å². The molecule has 3 rings (SSSR count). The maximum Gasteiger partial charge on any atom is 0.251 e. The maximum absolute atomic E-state index is 12.7. The van der Waals surface area contributed by atoms with Crippen molar-refractivity contribution in [1.82, 2.24) is 4.90 Å². The number of rotatable bonds is 4. The van der Waals surface area contributed by atoms with Crippen LogP contribution in [-0.2, 0) is 14.3 Å². The Bertz CT molecular complexity index is 569. The molecule has 1 unspecified atom stereocenters. The Labute approximate surface area is 129 Å².